The van der Waals surface area contributed by atoms with Crippen LogP contribution in [0.25, 0.3) is 0 Å². The van der Waals surface area contributed by atoms with Gasteiger partial charge in [-0.3, -0.25) is 9.80 Å². The van der Waals surface area contributed by atoms with E-state index in [1.54, 1.807) is 6.07 Å². The molecule has 5 fully saturated rings. The monoisotopic (exact) mass is 347 g/mol. The third-order valence-corrected chi connectivity index (χ3v) is 7.19. The largest absolute Gasteiger partial charge is 0.317 e. The molecule has 3 atom stereocenters. The number of benzene rings is 1. The lowest BCUT2D eigenvalue weighted by molar-refractivity contribution is -0.0224. The van der Waals surface area contributed by atoms with Gasteiger partial charge in [-0.05, 0) is 69.4 Å². The zero-order valence-electron chi connectivity index (χ0n) is 14.6. The maximum Gasteiger partial charge on any atom is 0.162 e. The van der Waals surface area contributed by atoms with Gasteiger partial charge in [-0.1, -0.05) is 12.1 Å². The number of hydrogen-bond donors (Lipinski definition) is 1. The lowest BCUT2D eigenvalue weighted by atomic mass is 9.75. The summed E-state index contributed by atoms with van der Waals surface area (Å²) in [4.78, 5) is 5.26. The van der Waals surface area contributed by atoms with E-state index in [1.165, 1.54) is 31.7 Å². The van der Waals surface area contributed by atoms with Crippen LogP contribution in [-0.2, 0) is 0 Å². The van der Waals surface area contributed by atoms with E-state index in [1.807, 2.05) is 6.07 Å². The first kappa shape index (κ1) is 16.2. The van der Waals surface area contributed by atoms with Gasteiger partial charge in [0.1, 0.15) is 0 Å². The Morgan fingerprint density at radius 2 is 1.72 bits per heavy atom. The molecule has 5 aliphatic heterocycles. The van der Waals surface area contributed by atoms with Gasteiger partial charge in [-0.25, -0.2) is 8.78 Å². The molecule has 0 aromatic heterocycles. The van der Waals surface area contributed by atoms with Crippen LogP contribution in [0.5, 0.6) is 0 Å². The Balaban J connectivity index is 1.52. The second-order valence-electron chi connectivity index (χ2n) is 8.28. The van der Waals surface area contributed by atoms with E-state index in [0.717, 1.165) is 38.6 Å². The molecule has 0 amide bonds. The van der Waals surface area contributed by atoms with Gasteiger partial charge in [0.2, 0.25) is 0 Å². The summed E-state index contributed by atoms with van der Waals surface area (Å²) in [6, 6.07) is 6.21. The van der Waals surface area contributed by atoms with Crippen LogP contribution in [0.3, 0.4) is 0 Å². The molecule has 0 spiro atoms. The Kier molecular flexibility index (Phi) is 4.06. The average Bonchev–Trinajstić information content (AvgIpc) is 3.08. The molecule has 5 heterocycles. The fourth-order valence-corrected chi connectivity index (χ4v) is 6.09. The molecular formula is C20H27F2N3. The number of piperidine rings is 4. The van der Waals surface area contributed by atoms with Gasteiger partial charge in [0, 0.05) is 30.6 Å². The summed E-state index contributed by atoms with van der Waals surface area (Å²) in [7, 11) is 0. The average molecular weight is 347 g/mol. The van der Waals surface area contributed by atoms with Crippen molar-refractivity contribution < 1.29 is 8.78 Å². The lowest BCUT2D eigenvalue weighted by Gasteiger charge is -2.52. The molecule has 0 unspecified atom stereocenters. The van der Waals surface area contributed by atoms with Gasteiger partial charge in [0.15, 0.2) is 11.6 Å². The summed E-state index contributed by atoms with van der Waals surface area (Å²) in [6.07, 6.45) is 4.88. The summed E-state index contributed by atoms with van der Waals surface area (Å²) in [5.41, 5.74) is 0.596. The number of hydrogen-bond acceptors (Lipinski definition) is 3. The fourth-order valence-electron chi connectivity index (χ4n) is 6.09. The van der Waals surface area contributed by atoms with Crippen molar-refractivity contribution in [3.63, 3.8) is 0 Å². The van der Waals surface area contributed by atoms with E-state index in [4.69, 9.17) is 0 Å². The fraction of sp³-hybridized carbons (Fsp3) is 0.700. The van der Waals surface area contributed by atoms with E-state index >= 15 is 0 Å². The molecule has 5 aliphatic rings. The predicted octanol–water partition coefficient (Wildman–Crippen LogP) is 2.58. The van der Waals surface area contributed by atoms with Crippen molar-refractivity contribution in [2.24, 2.45) is 5.92 Å². The number of nitrogens with zero attached hydrogens (tertiary/aromatic N) is 2. The SMILES string of the molecule is Fc1cccc([C@@H]2CN(C3CCNCC3)[C@@H]3C4CCN(CC4)[C@@H]32)c1F. The zero-order valence-corrected chi connectivity index (χ0v) is 14.6. The third-order valence-electron chi connectivity index (χ3n) is 7.19. The molecule has 1 aromatic carbocycles. The second-order valence-corrected chi connectivity index (χ2v) is 8.28. The first-order valence-electron chi connectivity index (χ1n) is 9.88. The quantitative estimate of drug-likeness (QED) is 0.887. The molecule has 0 radical (unpaired) electrons. The van der Waals surface area contributed by atoms with Crippen molar-refractivity contribution in [3.05, 3.63) is 35.4 Å². The standard InChI is InChI=1S/C20H27F2N3/c21-17-3-1-2-15(18(17)22)16-12-25(14-4-8-23-9-5-14)19-13-6-10-24(11-7-13)20(16)19/h1-3,13-14,16,19-20,23H,4-12H2/t16-,19+,20+/m0/s1. The number of nitrogens with one attached hydrogen (secondary N) is 1. The first-order chi connectivity index (χ1) is 12.2. The first-order valence-corrected chi connectivity index (χ1v) is 9.88. The molecule has 5 saturated heterocycles. The summed E-state index contributed by atoms with van der Waals surface area (Å²) in [5, 5.41) is 3.46. The zero-order chi connectivity index (χ0) is 17.0. The van der Waals surface area contributed by atoms with Crippen molar-refractivity contribution in [3.8, 4) is 0 Å². The van der Waals surface area contributed by atoms with Crippen molar-refractivity contribution in [1.82, 2.24) is 15.1 Å². The number of halogens is 2. The minimum atomic E-state index is -0.703. The highest BCUT2D eigenvalue weighted by Crippen LogP contribution is 2.48. The van der Waals surface area contributed by atoms with E-state index in [-0.39, 0.29) is 5.92 Å². The summed E-state index contributed by atoms with van der Waals surface area (Å²) in [6.45, 7) is 5.28. The summed E-state index contributed by atoms with van der Waals surface area (Å²) < 4.78 is 28.5. The highest BCUT2D eigenvalue weighted by atomic mass is 19.2. The molecule has 0 saturated carbocycles. The van der Waals surface area contributed by atoms with Crippen molar-refractivity contribution in [2.45, 2.75) is 49.7 Å². The minimum absolute atomic E-state index is 0.0960. The molecule has 1 aromatic rings. The van der Waals surface area contributed by atoms with E-state index in [0.29, 0.717) is 23.7 Å². The third kappa shape index (κ3) is 2.54. The Morgan fingerprint density at radius 3 is 2.48 bits per heavy atom. The van der Waals surface area contributed by atoms with Crippen LogP contribution >= 0.6 is 0 Å². The highest BCUT2D eigenvalue weighted by molar-refractivity contribution is 5.29. The van der Waals surface area contributed by atoms with Crippen LogP contribution < -0.4 is 5.32 Å². The predicted molar refractivity (Wildman–Crippen MR) is 93.6 cm³/mol. The van der Waals surface area contributed by atoms with Crippen LogP contribution in [0.2, 0.25) is 0 Å². The van der Waals surface area contributed by atoms with E-state index in [2.05, 4.69) is 15.1 Å². The van der Waals surface area contributed by atoms with Crippen LogP contribution in [0.15, 0.2) is 18.2 Å². The normalized spacial score (nSPS) is 38.9. The maximum atomic E-state index is 14.6. The van der Waals surface area contributed by atoms with Crippen LogP contribution in [0.4, 0.5) is 8.78 Å². The highest BCUT2D eigenvalue weighted by Gasteiger charge is 2.55. The molecule has 1 N–H and O–H groups in total. The van der Waals surface area contributed by atoms with Crippen molar-refractivity contribution in [1.29, 1.82) is 0 Å². The van der Waals surface area contributed by atoms with Gasteiger partial charge in [0.25, 0.3) is 0 Å². The van der Waals surface area contributed by atoms with Gasteiger partial charge in [-0.15, -0.1) is 0 Å². The van der Waals surface area contributed by atoms with Gasteiger partial charge in [0.05, 0.1) is 0 Å². The summed E-state index contributed by atoms with van der Waals surface area (Å²) in [5.74, 6) is -0.503. The topological polar surface area (TPSA) is 18.5 Å². The molecule has 136 valence electrons. The number of rotatable bonds is 2. The van der Waals surface area contributed by atoms with Gasteiger partial charge < -0.3 is 5.32 Å². The summed E-state index contributed by atoms with van der Waals surface area (Å²) >= 11 is 0. The number of fused-ring (bicyclic) bond motifs is 2. The van der Waals surface area contributed by atoms with Crippen molar-refractivity contribution >= 4 is 0 Å². The lowest BCUT2D eigenvalue weighted by Crippen LogP contribution is -2.61. The number of likely N-dealkylation sites (tertiary alicyclic amines) is 1. The molecule has 6 rings (SSSR count). The molecule has 0 aliphatic carbocycles. The maximum absolute atomic E-state index is 14.6. The van der Waals surface area contributed by atoms with Gasteiger partial charge >= 0.3 is 0 Å². The smallest absolute Gasteiger partial charge is 0.162 e. The van der Waals surface area contributed by atoms with Crippen LogP contribution in [-0.4, -0.2) is 60.6 Å². The Labute approximate surface area is 148 Å². The Morgan fingerprint density at radius 1 is 0.960 bits per heavy atom. The minimum Gasteiger partial charge on any atom is -0.317 e. The van der Waals surface area contributed by atoms with Crippen LogP contribution in [0, 0.1) is 17.6 Å². The molecule has 2 bridgehead atoms. The molecule has 3 nitrogen and oxygen atoms in total. The second kappa shape index (κ2) is 6.29. The van der Waals surface area contributed by atoms with Crippen LogP contribution in [0.1, 0.15) is 37.2 Å². The van der Waals surface area contributed by atoms with Crippen molar-refractivity contribution in [2.75, 3.05) is 32.7 Å². The van der Waals surface area contributed by atoms with E-state index in [9.17, 15) is 8.78 Å². The molecular weight excluding hydrogens is 320 g/mol. The van der Waals surface area contributed by atoms with E-state index < -0.39 is 11.6 Å². The molecule has 25 heavy (non-hydrogen) atoms. The Hall–Kier alpha value is -1.04. The molecule has 5 heteroatoms. The van der Waals surface area contributed by atoms with Gasteiger partial charge in [-0.2, -0.15) is 0 Å². The Bertz CT molecular complexity index is 638.